The molecule has 0 aliphatic heterocycles. The molecule has 0 heterocycles. The van der Waals surface area contributed by atoms with Crippen LogP contribution in [0.25, 0.3) is 0 Å². The number of methoxy groups -OCH3 is 1. The average Bonchev–Trinajstić information content (AvgIpc) is 2.86. The van der Waals surface area contributed by atoms with Crippen LogP contribution in [0.4, 0.5) is 5.69 Å². The highest BCUT2D eigenvalue weighted by Crippen LogP contribution is 2.24. The van der Waals surface area contributed by atoms with E-state index in [0.29, 0.717) is 17.0 Å². The number of hydrogen-bond acceptors (Lipinski definition) is 7. The number of carbonyl (C=O) groups excluding carboxylic acids is 2. The molecule has 0 aliphatic carbocycles. The number of sulfonamides is 1. The van der Waals surface area contributed by atoms with Crippen molar-refractivity contribution in [3.8, 4) is 5.75 Å². The van der Waals surface area contributed by atoms with Gasteiger partial charge in [-0.25, -0.2) is 18.6 Å². The second kappa shape index (κ2) is 11.8. The first-order valence-electron chi connectivity index (χ1n) is 10.6. The number of esters is 1. The van der Waals surface area contributed by atoms with Crippen LogP contribution in [-0.2, 0) is 24.3 Å². The van der Waals surface area contributed by atoms with E-state index in [1.54, 1.807) is 60.7 Å². The van der Waals surface area contributed by atoms with Crippen molar-refractivity contribution in [2.45, 2.75) is 11.8 Å². The Hall–Kier alpha value is -4.18. The van der Waals surface area contributed by atoms with Gasteiger partial charge >= 0.3 is 5.97 Å². The lowest BCUT2D eigenvalue weighted by atomic mass is 10.2. The van der Waals surface area contributed by atoms with Crippen LogP contribution in [0.15, 0.2) is 88.9 Å². The molecule has 0 unspecified atom stereocenters. The second-order valence-electron chi connectivity index (χ2n) is 7.39. The zero-order chi connectivity index (χ0) is 25.3. The van der Waals surface area contributed by atoms with Crippen LogP contribution >= 0.6 is 0 Å². The van der Waals surface area contributed by atoms with Crippen LogP contribution < -0.4 is 14.5 Å². The minimum Gasteiger partial charge on any atom is -0.482 e. The number of ether oxygens (including phenoxy) is 2. The van der Waals surface area contributed by atoms with Crippen LogP contribution in [-0.4, -0.2) is 46.8 Å². The Labute approximate surface area is 204 Å². The molecule has 3 aromatic carbocycles. The predicted molar refractivity (Wildman–Crippen MR) is 132 cm³/mol. The van der Waals surface area contributed by atoms with Crippen molar-refractivity contribution in [1.29, 1.82) is 0 Å². The lowest BCUT2D eigenvalue weighted by molar-refractivity contribution is -0.142. The number of nitrogens with zero attached hydrogens (tertiary/aromatic N) is 2. The molecule has 0 aromatic heterocycles. The smallest absolute Gasteiger partial charge is 0.343 e. The minimum atomic E-state index is -4.00. The molecule has 182 valence electrons. The number of anilines is 1. The minimum absolute atomic E-state index is 0.0709. The van der Waals surface area contributed by atoms with Gasteiger partial charge < -0.3 is 9.47 Å². The van der Waals surface area contributed by atoms with Crippen LogP contribution in [0.5, 0.6) is 5.75 Å². The molecule has 9 nitrogen and oxygen atoms in total. The molecule has 3 aromatic rings. The first-order valence-corrected chi connectivity index (χ1v) is 12.0. The Balaban J connectivity index is 1.73. The maximum Gasteiger partial charge on any atom is 0.343 e. The van der Waals surface area contributed by atoms with Crippen molar-refractivity contribution in [3.63, 3.8) is 0 Å². The quantitative estimate of drug-likeness (QED) is 0.263. The maximum atomic E-state index is 13.3. The van der Waals surface area contributed by atoms with Gasteiger partial charge in [0.15, 0.2) is 6.61 Å². The van der Waals surface area contributed by atoms with Crippen LogP contribution in [0.3, 0.4) is 0 Å². The fourth-order valence-electron chi connectivity index (χ4n) is 3.05. The van der Waals surface area contributed by atoms with Gasteiger partial charge in [0.1, 0.15) is 12.3 Å². The fourth-order valence-corrected chi connectivity index (χ4v) is 4.48. The Kier molecular flexibility index (Phi) is 8.58. The molecule has 0 spiro atoms. The highest BCUT2D eigenvalue weighted by molar-refractivity contribution is 7.92. The standard InChI is InChI=1S/C25H25N3O6S/c1-19-8-6-10-21(14-19)28(35(31,32)23-12-4-3-5-13-23)17-24(29)27-26-16-20-9-7-11-22(15-20)34-18-25(30)33-2/h3-16H,17-18H2,1-2H3,(H,27,29)/b26-16+. The van der Waals surface area contributed by atoms with E-state index in [0.717, 1.165) is 9.87 Å². The van der Waals surface area contributed by atoms with Crippen molar-refractivity contribution in [3.05, 3.63) is 90.0 Å². The van der Waals surface area contributed by atoms with E-state index in [1.807, 2.05) is 13.0 Å². The number of amides is 1. The van der Waals surface area contributed by atoms with E-state index in [4.69, 9.17) is 4.74 Å². The van der Waals surface area contributed by atoms with Gasteiger partial charge in [0, 0.05) is 0 Å². The molecular formula is C25H25N3O6S. The Morgan fingerprint density at radius 2 is 1.74 bits per heavy atom. The topological polar surface area (TPSA) is 114 Å². The monoisotopic (exact) mass is 495 g/mol. The summed E-state index contributed by atoms with van der Waals surface area (Å²) in [5.74, 6) is -0.717. The van der Waals surface area contributed by atoms with Crippen molar-refractivity contribution in [2.75, 3.05) is 24.6 Å². The fraction of sp³-hybridized carbons (Fsp3) is 0.160. The first kappa shape index (κ1) is 25.4. The van der Waals surface area contributed by atoms with E-state index < -0.39 is 28.4 Å². The SMILES string of the molecule is COC(=O)COc1cccc(/C=N/NC(=O)CN(c2cccc(C)c2)S(=O)(=O)c2ccccc2)c1. The molecule has 1 N–H and O–H groups in total. The van der Waals surface area contributed by atoms with Crippen LogP contribution in [0, 0.1) is 6.92 Å². The molecule has 1 amide bonds. The lowest BCUT2D eigenvalue weighted by Gasteiger charge is -2.24. The number of aryl methyl sites for hydroxylation is 1. The zero-order valence-corrected chi connectivity index (χ0v) is 20.1. The van der Waals surface area contributed by atoms with Gasteiger partial charge in [-0.15, -0.1) is 0 Å². The third-order valence-electron chi connectivity index (χ3n) is 4.75. The van der Waals surface area contributed by atoms with Crippen molar-refractivity contribution in [1.82, 2.24) is 5.43 Å². The molecule has 0 radical (unpaired) electrons. The zero-order valence-electron chi connectivity index (χ0n) is 19.2. The normalized spacial score (nSPS) is 11.1. The van der Waals surface area contributed by atoms with Gasteiger partial charge in [-0.2, -0.15) is 5.10 Å². The van der Waals surface area contributed by atoms with Gasteiger partial charge in [0.25, 0.3) is 15.9 Å². The van der Waals surface area contributed by atoms with E-state index in [-0.39, 0.29) is 11.5 Å². The molecular weight excluding hydrogens is 470 g/mol. The van der Waals surface area contributed by atoms with Gasteiger partial charge in [-0.05, 0) is 54.4 Å². The summed E-state index contributed by atoms with van der Waals surface area (Å²) in [6.07, 6.45) is 1.38. The van der Waals surface area contributed by atoms with Crippen molar-refractivity contribution < 1.29 is 27.5 Å². The second-order valence-corrected chi connectivity index (χ2v) is 9.26. The molecule has 0 aliphatic rings. The van der Waals surface area contributed by atoms with Gasteiger partial charge in [-0.1, -0.05) is 42.5 Å². The number of carbonyl (C=O) groups is 2. The van der Waals surface area contributed by atoms with Crippen LogP contribution in [0.1, 0.15) is 11.1 Å². The lowest BCUT2D eigenvalue weighted by Crippen LogP contribution is -2.39. The van der Waals surface area contributed by atoms with Crippen LogP contribution in [0.2, 0.25) is 0 Å². The highest BCUT2D eigenvalue weighted by Gasteiger charge is 2.27. The molecule has 0 saturated carbocycles. The summed E-state index contributed by atoms with van der Waals surface area (Å²) in [5.41, 5.74) is 4.17. The predicted octanol–water partition coefficient (Wildman–Crippen LogP) is 2.89. The van der Waals surface area contributed by atoms with E-state index in [2.05, 4.69) is 15.3 Å². The number of hydrazone groups is 1. The number of nitrogens with one attached hydrogen (secondary N) is 1. The van der Waals surface area contributed by atoms with Crippen molar-refractivity contribution in [2.24, 2.45) is 5.10 Å². The van der Waals surface area contributed by atoms with Gasteiger partial charge in [-0.3, -0.25) is 9.10 Å². The first-order chi connectivity index (χ1) is 16.8. The van der Waals surface area contributed by atoms with Crippen molar-refractivity contribution >= 4 is 33.8 Å². The number of rotatable bonds is 10. The molecule has 35 heavy (non-hydrogen) atoms. The van der Waals surface area contributed by atoms with Gasteiger partial charge in [0.05, 0.1) is 23.9 Å². The summed E-state index contributed by atoms with van der Waals surface area (Å²) in [6, 6.07) is 21.5. The summed E-state index contributed by atoms with van der Waals surface area (Å²) < 4.78 is 37.5. The van der Waals surface area contributed by atoms with Gasteiger partial charge in [0.2, 0.25) is 0 Å². The van der Waals surface area contributed by atoms with E-state index >= 15 is 0 Å². The van der Waals surface area contributed by atoms with E-state index in [1.165, 1.54) is 25.5 Å². The molecule has 0 bridgehead atoms. The Bertz CT molecular complexity index is 1310. The summed E-state index contributed by atoms with van der Waals surface area (Å²) in [5, 5.41) is 3.92. The molecule has 3 rings (SSSR count). The molecule has 10 heteroatoms. The summed E-state index contributed by atoms with van der Waals surface area (Å²) in [6.45, 7) is 1.13. The summed E-state index contributed by atoms with van der Waals surface area (Å²) in [4.78, 5) is 23.9. The highest BCUT2D eigenvalue weighted by atomic mass is 32.2. The number of hydrogen-bond donors (Lipinski definition) is 1. The maximum absolute atomic E-state index is 13.3. The van der Waals surface area contributed by atoms with E-state index in [9.17, 15) is 18.0 Å². The summed E-state index contributed by atoms with van der Waals surface area (Å²) >= 11 is 0. The third-order valence-corrected chi connectivity index (χ3v) is 6.54. The Morgan fingerprint density at radius 3 is 2.46 bits per heavy atom. The molecule has 0 fully saturated rings. The third kappa shape index (κ3) is 7.15. The average molecular weight is 496 g/mol. The summed E-state index contributed by atoms with van der Waals surface area (Å²) in [7, 11) is -2.73. The largest absolute Gasteiger partial charge is 0.482 e. The molecule has 0 saturated heterocycles. The Morgan fingerprint density at radius 1 is 1.00 bits per heavy atom. The molecule has 0 atom stereocenters. The number of benzene rings is 3.